The first kappa shape index (κ1) is 27.3. The molecule has 0 bridgehead atoms. The fourth-order valence-corrected chi connectivity index (χ4v) is 2.87. The van der Waals surface area contributed by atoms with Gasteiger partial charge in [-0.05, 0) is 23.7 Å². The number of ether oxygens (including phenoxy) is 1. The van der Waals surface area contributed by atoms with Crippen LogP contribution in [0.5, 0.6) is 0 Å². The third-order valence-electron chi connectivity index (χ3n) is 4.72. The minimum Gasteiger partial charge on any atom is -0.449 e. The lowest BCUT2D eigenvalue weighted by atomic mass is 9.98. The Bertz CT molecular complexity index is 716. The van der Waals surface area contributed by atoms with E-state index in [2.05, 4.69) is 26.8 Å². The van der Waals surface area contributed by atoms with E-state index in [4.69, 9.17) is 4.74 Å². The van der Waals surface area contributed by atoms with Gasteiger partial charge in [0.1, 0.15) is 12.1 Å². The van der Waals surface area contributed by atoms with Crippen LogP contribution < -0.4 is 26.8 Å². The fraction of sp³-hybridized carbons (Fsp3) is 0.762. The Kier molecular flexibility index (Phi) is 10.1. The zero-order valence-electron chi connectivity index (χ0n) is 20.0. The van der Waals surface area contributed by atoms with Gasteiger partial charge >= 0.3 is 12.0 Å². The number of rotatable bonds is 8. The summed E-state index contributed by atoms with van der Waals surface area (Å²) in [5.74, 6) is -3.32. The van der Waals surface area contributed by atoms with Crippen LogP contribution in [0.2, 0.25) is 0 Å². The number of carbonyl (C=O) groups excluding carboxylic acids is 5. The summed E-state index contributed by atoms with van der Waals surface area (Å²) in [4.78, 5) is 61.7. The number of ketones is 1. The molecular weight excluding hydrogens is 418 g/mol. The van der Waals surface area contributed by atoms with Gasteiger partial charge in [0.25, 0.3) is 0 Å². The van der Waals surface area contributed by atoms with Gasteiger partial charge in [0.05, 0.1) is 12.6 Å². The zero-order chi connectivity index (χ0) is 24.6. The quantitative estimate of drug-likeness (QED) is 0.323. The molecule has 182 valence electrons. The van der Waals surface area contributed by atoms with Crippen molar-refractivity contribution in [1.29, 1.82) is 0 Å². The van der Waals surface area contributed by atoms with Crippen molar-refractivity contribution in [1.82, 2.24) is 26.8 Å². The molecule has 1 rings (SSSR count). The van der Waals surface area contributed by atoms with Crippen molar-refractivity contribution in [3.8, 4) is 0 Å². The van der Waals surface area contributed by atoms with Crippen molar-refractivity contribution >= 4 is 29.6 Å². The first-order valence-electron chi connectivity index (χ1n) is 10.8. The first-order valence-corrected chi connectivity index (χ1v) is 10.8. The van der Waals surface area contributed by atoms with Gasteiger partial charge in [-0.2, -0.15) is 0 Å². The molecule has 1 aliphatic heterocycles. The number of hydrogen-bond acceptors (Lipinski definition) is 7. The lowest BCUT2D eigenvalue weighted by Crippen LogP contribution is -2.58. The number of carbonyl (C=O) groups is 5. The number of hydrogen-bond donors (Lipinski definition) is 5. The summed E-state index contributed by atoms with van der Waals surface area (Å²) in [5, 5.41) is 7.77. The number of amides is 4. The van der Waals surface area contributed by atoms with E-state index < -0.39 is 47.7 Å². The number of alkyl carbamates (subject to hydrolysis) is 1. The van der Waals surface area contributed by atoms with E-state index in [0.717, 1.165) is 0 Å². The molecular formula is C21H37N5O6. The second kappa shape index (κ2) is 11.8. The predicted octanol–water partition coefficient (Wildman–Crippen LogP) is 0.00250. The first-order chi connectivity index (χ1) is 14.7. The molecule has 5 N–H and O–H groups in total. The van der Waals surface area contributed by atoms with Crippen molar-refractivity contribution in [2.24, 2.45) is 17.3 Å². The molecule has 3 atom stereocenters. The molecule has 1 fully saturated rings. The minimum absolute atomic E-state index is 0.181. The number of hydrazine groups is 1. The van der Waals surface area contributed by atoms with Gasteiger partial charge in [-0.1, -0.05) is 48.5 Å². The molecule has 11 heteroatoms. The summed E-state index contributed by atoms with van der Waals surface area (Å²) in [6, 6.07) is -2.89. The number of Topliss-reactive ketones (excluding diaryl/α,β-unsaturated/α-hetero) is 1. The van der Waals surface area contributed by atoms with Gasteiger partial charge < -0.3 is 20.7 Å². The van der Waals surface area contributed by atoms with E-state index >= 15 is 0 Å². The molecule has 0 saturated carbocycles. The fourth-order valence-electron chi connectivity index (χ4n) is 2.87. The van der Waals surface area contributed by atoms with Gasteiger partial charge in [-0.25, -0.2) is 10.2 Å². The van der Waals surface area contributed by atoms with Crippen molar-refractivity contribution in [3.63, 3.8) is 0 Å². The minimum atomic E-state index is -0.998. The Morgan fingerprint density at radius 1 is 1.00 bits per heavy atom. The highest BCUT2D eigenvalue weighted by atomic mass is 16.5. The Morgan fingerprint density at radius 3 is 2.09 bits per heavy atom. The average molecular weight is 456 g/mol. The summed E-state index contributed by atoms with van der Waals surface area (Å²) in [5.41, 5.74) is 4.60. The Morgan fingerprint density at radius 2 is 1.56 bits per heavy atom. The topological polar surface area (TPSA) is 155 Å². The summed E-state index contributed by atoms with van der Waals surface area (Å²) < 4.78 is 5.18. The summed E-state index contributed by atoms with van der Waals surface area (Å²) >= 11 is 0. The molecule has 11 nitrogen and oxygen atoms in total. The number of nitrogens with one attached hydrogen (secondary N) is 5. The van der Waals surface area contributed by atoms with E-state index in [1.54, 1.807) is 27.7 Å². The normalized spacial score (nSPS) is 19.0. The van der Waals surface area contributed by atoms with Crippen LogP contribution in [-0.4, -0.2) is 60.9 Å². The van der Waals surface area contributed by atoms with Crippen LogP contribution in [0.3, 0.4) is 0 Å². The van der Waals surface area contributed by atoms with Gasteiger partial charge in [0, 0.05) is 6.54 Å². The van der Waals surface area contributed by atoms with Crippen molar-refractivity contribution in [3.05, 3.63) is 0 Å². The molecule has 4 amide bonds. The smallest absolute Gasteiger partial charge is 0.407 e. The Balaban J connectivity index is 2.83. The zero-order valence-corrected chi connectivity index (χ0v) is 20.0. The van der Waals surface area contributed by atoms with Crippen LogP contribution in [0, 0.1) is 17.3 Å². The molecule has 1 aliphatic rings. The maximum absolute atomic E-state index is 12.9. The largest absolute Gasteiger partial charge is 0.449 e. The second-order valence-corrected chi connectivity index (χ2v) is 9.83. The standard InChI is InChI=1S/C21H37N5O6/c1-11(2)14(17(28)23-13-8-9-22-26-19(30)16(13)27)24-18(29)15(12(3)4)25-20(31)32-10-21(5,6)7/h11-15,22H,8-10H2,1-7H3,(H,23,28)(H,24,29)(H,25,31)(H,26,30). The third-order valence-corrected chi connectivity index (χ3v) is 4.72. The highest BCUT2D eigenvalue weighted by Gasteiger charge is 2.34. The monoisotopic (exact) mass is 455 g/mol. The van der Waals surface area contributed by atoms with E-state index in [1.165, 1.54) is 0 Å². The maximum Gasteiger partial charge on any atom is 0.407 e. The summed E-state index contributed by atoms with van der Waals surface area (Å²) in [6.45, 7) is 13.2. The SMILES string of the molecule is CC(C)C(NC(=O)OCC(C)(C)C)C(=O)NC(C(=O)NC1CCNNC(=O)C1=O)C(C)C. The molecule has 32 heavy (non-hydrogen) atoms. The summed E-state index contributed by atoms with van der Waals surface area (Å²) in [6.07, 6.45) is -0.500. The molecule has 0 aromatic rings. The molecule has 3 unspecified atom stereocenters. The lowest BCUT2D eigenvalue weighted by Gasteiger charge is -2.28. The Hall–Kier alpha value is -2.69. The van der Waals surface area contributed by atoms with Gasteiger partial charge in [0.15, 0.2) is 0 Å². The van der Waals surface area contributed by atoms with Crippen LogP contribution in [0.25, 0.3) is 0 Å². The second-order valence-electron chi connectivity index (χ2n) is 9.83. The average Bonchev–Trinajstić information content (AvgIpc) is 2.83. The lowest BCUT2D eigenvalue weighted by molar-refractivity contribution is -0.140. The molecule has 0 aromatic heterocycles. The van der Waals surface area contributed by atoms with Crippen molar-refractivity contribution in [2.45, 2.75) is 73.0 Å². The van der Waals surface area contributed by atoms with E-state index in [9.17, 15) is 24.0 Å². The molecule has 0 spiro atoms. The van der Waals surface area contributed by atoms with Crippen LogP contribution in [0.1, 0.15) is 54.9 Å². The third kappa shape index (κ3) is 8.81. The van der Waals surface area contributed by atoms with E-state index in [1.807, 2.05) is 20.8 Å². The van der Waals surface area contributed by atoms with E-state index in [-0.39, 0.29) is 30.3 Å². The van der Waals surface area contributed by atoms with Crippen LogP contribution >= 0.6 is 0 Å². The van der Waals surface area contributed by atoms with Crippen molar-refractivity contribution in [2.75, 3.05) is 13.2 Å². The molecule has 0 radical (unpaired) electrons. The van der Waals surface area contributed by atoms with Gasteiger partial charge in [-0.15, -0.1) is 0 Å². The molecule has 1 saturated heterocycles. The summed E-state index contributed by atoms with van der Waals surface area (Å²) in [7, 11) is 0. The molecule has 0 aliphatic carbocycles. The van der Waals surface area contributed by atoms with Gasteiger partial charge in [0.2, 0.25) is 17.6 Å². The maximum atomic E-state index is 12.9. The van der Waals surface area contributed by atoms with Gasteiger partial charge in [-0.3, -0.25) is 24.6 Å². The van der Waals surface area contributed by atoms with E-state index in [0.29, 0.717) is 6.54 Å². The van der Waals surface area contributed by atoms with Crippen LogP contribution in [-0.2, 0) is 23.9 Å². The molecule has 0 aromatic carbocycles. The Labute approximate surface area is 189 Å². The predicted molar refractivity (Wildman–Crippen MR) is 117 cm³/mol. The van der Waals surface area contributed by atoms with Crippen molar-refractivity contribution < 1.29 is 28.7 Å². The molecule has 1 heterocycles. The van der Waals surface area contributed by atoms with Crippen LogP contribution in [0.15, 0.2) is 0 Å². The highest BCUT2D eigenvalue weighted by Crippen LogP contribution is 2.13. The highest BCUT2D eigenvalue weighted by molar-refractivity contribution is 6.38. The van der Waals surface area contributed by atoms with Crippen LogP contribution in [0.4, 0.5) is 4.79 Å².